The van der Waals surface area contributed by atoms with E-state index in [-0.39, 0.29) is 6.61 Å². The number of dihydropyridines is 1. The lowest BCUT2D eigenvalue weighted by molar-refractivity contribution is -0.138. The number of carbonyl (C=O) groups excluding carboxylic acids is 2. The van der Waals surface area contributed by atoms with E-state index in [2.05, 4.69) is 5.32 Å². The van der Waals surface area contributed by atoms with E-state index in [9.17, 15) is 14.7 Å². The smallest absolute Gasteiger partial charge is 0.336 e. The molecule has 2 rings (SSSR count). The van der Waals surface area contributed by atoms with E-state index < -0.39 is 24.3 Å². The highest BCUT2D eigenvalue weighted by molar-refractivity contribution is 6.31. The van der Waals surface area contributed by atoms with Gasteiger partial charge in [-0.2, -0.15) is 0 Å². The molecule has 6 heteroatoms. The standard InChI is InChI=1S/C18H20ClNO4/c1-4-24-18(23)16-11(3)20-10(2)15(14(22)9-21)17(16)12-7-5-6-8-13(12)19/h5-8,17,20-21H,4,9H2,1-3H3. The minimum atomic E-state index is -0.682. The van der Waals surface area contributed by atoms with Gasteiger partial charge in [-0.05, 0) is 32.4 Å². The van der Waals surface area contributed by atoms with Gasteiger partial charge in [0.25, 0.3) is 0 Å². The molecule has 0 fully saturated rings. The van der Waals surface area contributed by atoms with Crippen LogP contribution in [0.5, 0.6) is 0 Å². The van der Waals surface area contributed by atoms with Gasteiger partial charge >= 0.3 is 5.97 Å². The van der Waals surface area contributed by atoms with Gasteiger partial charge in [0.15, 0.2) is 5.78 Å². The highest BCUT2D eigenvalue weighted by atomic mass is 35.5. The van der Waals surface area contributed by atoms with Crippen molar-refractivity contribution in [2.45, 2.75) is 26.7 Å². The number of aliphatic hydroxyl groups is 1. The van der Waals surface area contributed by atoms with Crippen molar-refractivity contribution in [1.82, 2.24) is 5.32 Å². The lowest BCUT2D eigenvalue weighted by Crippen LogP contribution is -2.32. The number of esters is 1. The number of hydrogen-bond donors (Lipinski definition) is 2. The van der Waals surface area contributed by atoms with E-state index in [1.807, 2.05) is 0 Å². The second-order valence-electron chi connectivity index (χ2n) is 5.46. The monoisotopic (exact) mass is 349 g/mol. The van der Waals surface area contributed by atoms with Gasteiger partial charge in [-0.3, -0.25) is 4.79 Å². The molecule has 24 heavy (non-hydrogen) atoms. The van der Waals surface area contributed by atoms with Crippen LogP contribution in [-0.2, 0) is 14.3 Å². The highest BCUT2D eigenvalue weighted by Crippen LogP contribution is 2.41. The van der Waals surface area contributed by atoms with Gasteiger partial charge in [0, 0.05) is 27.9 Å². The first-order valence-electron chi connectivity index (χ1n) is 7.66. The number of hydrogen-bond acceptors (Lipinski definition) is 5. The maximum Gasteiger partial charge on any atom is 0.336 e. The lowest BCUT2D eigenvalue weighted by atomic mass is 9.79. The Hall–Kier alpha value is -2.11. The Morgan fingerprint density at radius 1 is 1.21 bits per heavy atom. The number of ketones is 1. The molecule has 0 aromatic heterocycles. The van der Waals surface area contributed by atoms with E-state index in [0.29, 0.717) is 33.1 Å². The lowest BCUT2D eigenvalue weighted by Gasteiger charge is -2.31. The van der Waals surface area contributed by atoms with Crippen LogP contribution in [0.4, 0.5) is 0 Å². The van der Waals surface area contributed by atoms with Crippen LogP contribution in [0.25, 0.3) is 0 Å². The fourth-order valence-corrected chi connectivity index (χ4v) is 3.19. The molecule has 1 aliphatic rings. The zero-order valence-corrected chi connectivity index (χ0v) is 14.6. The molecule has 1 aliphatic heterocycles. The zero-order chi connectivity index (χ0) is 17.9. The summed E-state index contributed by atoms with van der Waals surface area (Å²) in [6.45, 7) is 4.77. The van der Waals surface area contributed by atoms with E-state index >= 15 is 0 Å². The topological polar surface area (TPSA) is 75.6 Å². The number of allylic oxidation sites excluding steroid dienone is 2. The molecule has 2 N–H and O–H groups in total. The van der Waals surface area contributed by atoms with Crippen LogP contribution in [0.1, 0.15) is 32.3 Å². The molecule has 1 aromatic rings. The number of ether oxygens (including phenoxy) is 1. The van der Waals surface area contributed by atoms with Crippen molar-refractivity contribution in [3.8, 4) is 0 Å². The summed E-state index contributed by atoms with van der Waals surface area (Å²) in [5.41, 5.74) is 2.46. The molecule has 1 unspecified atom stereocenters. The summed E-state index contributed by atoms with van der Waals surface area (Å²) in [7, 11) is 0. The van der Waals surface area contributed by atoms with Gasteiger partial charge in [-0.15, -0.1) is 0 Å². The molecule has 5 nitrogen and oxygen atoms in total. The minimum Gasteiger partial charge on any atom is -0.463 e. The maximum atomic E-state index is 12.5. The van der Waals surface area contributed by atoms with Crippen LogP contribution in [0.2, 0.25) is 5.02 Å². The summed E-state index contributed by atoms with van der Waals surface area (Å²) < 4.78 is 5.16. The summed E-state index contributed by atoms with van der Waals surface area (Å²) in [4.78, 5) is 24.8. The molecule has 0 bridgehead atoms. The third kappa shape index (κ3) is 3.37. The number of halogens is 1. The van der Waals surface area contributed by atoms with Crippen molar-refractivity contribution in [2.24, 2.45) is 0 Å². The Morgan fingerprint density at radius 2 is 1.83 bits per heavy atom. The van der Waals surface area contributed by atoms with Crippen molar-refractivity contribution in [1.29, 1.82) is 0 Å². The van der Waals surface area contributed by atoms with Crippen LogP contribution in [-0.4, -0.2) is 30.1 Å². The summed E-state index contributed by atoms with van der Waals surface area (Å²) in [5, 5.41) is 12.8. The first kappa shape index (κ1) is 18.2. The Kier molecular flexibility index (Phi) is 5.80. The molecule has 0 saturated heterocycles. The van der Waals surface area contributed by atoms with E-state index in [1.165, 1.54) is 0 Å². The second-order valence-corrected chi connectivity index (χ2v) is 5.87. The summed E-state index contributed by atoms with van der Waals surface area (Å²) in [5.74, 6) is -1.65. The number of Topliss-reactive ketones (excluding diaryl/α,β-unsaturated/α-hetero) is 1. The molecule has 1 aromatic carbocycles. The second kappa shape index (κ2) is 7.64. The molecular weight excluding hydrogens is 330 g/mol. The van der Waals surface area contributed by atoms with Crippen molar-refractivity contribution >= 4 is 23.4 Å². The SMILES string of the molecule is CCOC(=O)C1=C(C)NC(C)=C(C(=O)CO)C1c1ccccc1Cl. The third-order valence-corrected chi connectivity index (χ3v) is 4.26. The fourth-order valence-electron chi connectivity index (χ4n) is 2.95. The molecule has 0 amide bonds. The van der Waals surface area contributed by atoms with Crippen molar-refractivity contribution in [3.63, 3.8) is 0 Å². The summed E-state index contributed by atoms with van der Waals surface area (Å²) in [6, 6.07) is 7.03. The van der Waals surface area contributed by atoms with Crippen LogP contribution in [0.3, 0.4) is 0 Å². The average Bonchev–Trinajstić information content (AvgIpc) is 2.54. The van der Waals surface area contributed by atoms with Crippen molar-refractivity contribution < 1.29 is 19.4 Å². The quantitative estimate of drug-likeness (QED) is 0.799. The van der Waals surface area contributed by atoms with E-state index in [1.54, 1.807) is 45.0 Å². The normalized spacial score (nSPS) is 17.6. The zero-order valence-electron chi connectivity index (χ0n) is 13.9. The summed E-state index contributed by atoms with van der Waals surface area (Å²) >= 11 is 6.32. The van der Waals surface area contributed by atoms with E-state index in [0.717, 1.165) is 0 Å². The van der Waals surface area contributed by atoms with Gasteiger partial charge in [0.05, 0.1) is 12.2 Å². The Morgan fingerprint density at radius 3 is 2.42 bits per heavy atom. The van der Waals surface area contributed by atoms with Gasteiger partial charge in [-0.1, -0.05) is 29.8 Å². The Labute approximate surface area is 146 Å². The predicted molar refractivity (Wildman–Crippen MR) is 91.5 cm³/mol. The highest BCUT2D eigenvalue weighted by Gasteiger charge is 2.37. The maximum absolute atomic E-state index is 12.5. The molecule has 0 radical (unpaired) electrons. The predicted octanol–water partition coefficient (Wildman–Crippen LogP) is 2.70. The number of aliphatic hydroxyl groups excluding tert-OH is 1. The van der Waals surface area contributed by atoms with Crippen molar-refractivity contribution in [3.05, 3.63) is 57.4 Å². The van der Waals surface area contributed by atoms with Gasteiger partial charge in [0.1, 0.15) is 6.61 Å². The van der Waals surface area contributed by atoms with Crippen LogP contribution < -0.4 is 5.32 Å². The number of rotatable bonds is 5. The molecule has 0 spiro atoms. The number of nitrogens with one attached hydrogen (secondary N) is 1. The number of carbonyl (C=O) groups is 2. The van der Waals surface area contributed by atoms with Crippen LogP contribution in [0, 0.1) is 0 Å². The minimum absolute atomic E-state index is 0.219. The van der Waals surface area contributed by atoms with Crippen molar-refractivity contribution in [2.75, 3.05) is 13.2 Å². The van der Waals surface area contributed by atoms with Crippen LogP contribution in [0.15, 0.2) is 46.8 Å². The molecule has 0 aliphatic carbocycles. The first-order chi connectivity index (χ1) is 11.4. The van der Waals surface area contributed by atoms with E-state index in [4.69, 9.17) is 16.3 Å². The fraction of sp³-hybridized carbons (Fsp3) is 0.333. The van der Waals surface area contributed by atoms with Gasteiger partial charge < -0.3 is 15.2 Å². The molecule has 128 valence electrons. The Balaban J connectivity index is 2.69. The Bertz CT molecular complexity index is 736. The molecule has 1 atom stereocenters. The van der Waals surface area contributed by atoms with Gasteiger partial charge in [-0.25, -0.2) is 4.79 Å². The number of benzene rings is 1. The largest absolute Gasteiger partial charge is 0.463 e. The van der Waals surface area contributed by atoms with Gasteiger partial charge in [0.2, 0.25) is 0 Å². The molecular formula is C18H20ClNO4. The molecule has 1 heterocycles. The third-order valence-electron chi connectivity index (χ3n) is 3.92. The molecule has 0 saturated carbocycles. The van der Waals surface area contributed by atoms with Crippen LogP contribution >= 0.6 is 11.6 Å². The average molecular weight is 350 g/mol. The first-order valence-corrected chi connectivity index (χ1v) is 8.04. The summed E-state index contributed by atoms with van der Waals surface area (Å²) in [6.07, 6.45) is 0.